The Morgan fingerprint density at radius 1 is 1.37 bits per heavy atom. The third-order valence-electron chi connectivity index (χ3n) is 5.22. The van der Waals surface area contributed by atoms with Crippen LogP contribution in [0.5, 0.6) is 0 Å². The first-order valence-corrected chi connectivity index (χ1v) is 9.26. The normalized spacial score (nSPS) is 18.9. The molecule has 150 valence electrons. The lowest BCUT2D eigenvalue weighted by molar-refractivity contribution is -0.128. The summed E-state index contributed by atoms with van der Waals surface area (Å²) in [5.41, 5.74) is 7.51. The van der Waals surface area contributed by atoms with E-state index in [-0.39, 0.29) is 42.0 Å². The Kier molecular flexibility index (Phi) is 4.54. The lowest BCUT2D eigenvalue weighted by Crippen LogP contribution is -2.47. The predicted molar refractivity (Wildman–Crippen MR) is 110 cm³/mol. The van der Waals surface area contributed by atoms with E-state index in [4.69, 9.17) is 12.3 Å². The molecule has 0 saturated carbocycles. The molecule has 0 aliphatic carbocycles. The number of benzene rings is 1. The molecule has 0 saturated heterocycles. The Morgan fingerprint density at radius 2 is 2.17 bits per heavy atom. The second-order valence-electron chi connectivity index (χ2n) is 7.42. The highest BCUT2D eigenvalue weighted by atomic mass is 16.2. The smallest absolute Gasteiger partial charge is 0.288 e. The second-order valence-corrected chi connectivity index (χ2v) is 7.42. The van der Waals surface area contributed by atoms with Gasteiger partial charge in [0.25, 0.3) is 5.82 Å². The number of nitrogens with zero attached hydrogens (tertiary/aromatic N) is 6. The fraction of sp³-hybridized carbons (Fsp3) is 0.238. The molecule has 1 unspecified atom stereocenters. The average molecular weight is 401 g/mol. The van der Waals surface area contributed by atoms with Gasteiger partial charge in [-0.1, -0.05) is 35.8 Å². The molecule has 3 heterocycles. The maximum Gasteiger partial charge on any atom is 0.288 e. The zero-order valence-electron chi connectivity index (χ0n) is 16.5. The van der Waals surface area contributed by atoms with Gasteiger partial charge in [-0.2, -0.15) is 0 Å². The zero-order chi connectivity index (χ0) is 21.5. The number of aliphatic imine (C=N–C) groups is 1. The lowest BCUT2D eigenvalue weighted by atomic mass is 9.86. The summed E-state index contributed by atoms with van der Waals surface area (Å²) in [5, 5.41) is 0. The molecular weight excluding hydrogens is 382 g/mol. The van der Waals surface area contributed by atoms with E-state index in [1.54, 1.807) is 23.8 Å². The molecule has 3 aromatic rings. The van der Waals surface area contributed by atoms with Crippen LogP contribution in [0.25, 0.3) is 10.5 Å². The molecule has 30 heavy (non-hydrogen) atoms. The van der Waals surface area contributed by atoms with Crippen LogP contribution in [0.4, 0.5) is 5.82 Å². The SMILES string of the molecule is [C-]#[N+]c1cn2cc(C(=O)Cc3cccc(C4(C)CC(=O)N(C)C(N)=N4)c3)ncc2n1. The van der Waals surface area contributed by atoms with Gasteiger partial charge in [-0.15, -0.1) is 0 Å². The Labute approximate surface area is 172 Å². The minimum Gasteiger partial charge on any atom is -0.369 e. The van der Waals surface area contributed by atoms with Crippen molar-refractivity contribution < 1.29 is 9.59 Å². The van der Waals surface area contributed by atoms with E-state index in [1.165, 1.54) is 11.1 Å². The summed E-state index contributed by atoms with van der Waals surface area (Å²) in [4.78, 5) is 42.4. The van der Waals surface area contributed by atoms with Crippen molar-refractivity contribution in [1.29, 1.82) is 0 Å². The second kappa shape index (κ2) is 7.08. The number of amides is 1. The van der Waals surface area contributed by atoms with E-state index in [0.717, 1.165) is 11.1 Å². The van der Waals surface area contributed by atoms with Crippen LogP contribution in [0, 0.1) is 6.57 Å². The molecule has 9 heteroatoms. The molecule has 0 fully saturated rings. The molecule has 2 N–H and O–H groups in total. The number of hydrogen-bond donors (Lipinski definition) is 1. The van der Waals surface area contributed by atoms with Crippen LogP contribution in [0.2, 0.25) is 0 Å². The highest BCUT2D eigenvalue weighted by molar-refractivity contribution is 5.99. The van der Waals surface area contributed by atoms with Crippen LogP contribution in [0.15, 0.2) is 47.8 Å². The molecule has 2 aromatic heterocycles. The predicted octanol–water partition coefficient (Wildman–Crippen LogP) is 2.10. The van der Waals surface area contributed by atoms with E-state index < -0.39 is 5.54 Å². The van der Waals surface area contributed by atoms with Crippen LogP contribution in [0.1, 0.15) is 35.0 Å². The average Bonchev–Trinajstić information content (AvgIpc) is 3.14. The highest BCUT2D eigenvalue weighted by Gasteiger charge is 2.36. The van der Waals surface area contributed by atoms with Gasteiger partial charge in [0.2, 0.25) is 11.6 Å². The minimum atomic E-state index is -0.781. The molecular formula is C21H19N7O2. The van der Waals surface area contributed by atoms with E-state index in [2.05, 4.69) is 19.8 Å². The molecule has 0 spiro atoms. The fourth-order valence-corrected chi connectivity index (χ4v) is 3.45. The molecule has 1 amide bonds. The molecule has 1 aliphatic heterocycles. The number of ketones is 1. The van der Waals surface area contributed by atoms with Crippen molar-refractivity contribution in [2.45, 2.75) is 25.3 Å². The number of Topliss-reactive ketones (excluding diaryl/α,β-unsaturated/α-hetero) is 1. The van der Waals surface area contributed by atoms with Crippen molar-refractivity contribution in [1.82, 2.24) is 19.3 Å². The Bertz CT molecular complexity index is 1250. The number of carbonyl (C=O) groups is 2. The van der Waals surface area contributed by atoms with E-state index in [0.29, 0.717) is 5.65 Å². The monoisotopic (exact) mass is 401 g/mol. The standard InChI is InChI=1S/C21H19N7O2/c1-21(9-19(30)27(3)20(22)26-21)14-6-4-5-13(7-14)8-16(29)15-11-28-12-17(23-2)25-18(28)10-24-15/h4-7,10-12H,8-9H2,1,3H3,(H2,22,26). The molecule has 0 radical (unpaired) electrons. The van der Waals surface area contributed by atoms with Gasteiger partial charge in [0.05, 0.1) is 18.2 Å². The highest BCUT2D eigenvalue weighted by Crippen LogP contribution is 2.33. The number of rotatable bonds is 4. The van der Waals surface area contributed by atoms with E-state index in [1.807, 2.05) is 31.2 Å². The van der Waals surface area contributed by atoms with Crippen LogP contribution in [-0.2, 0) is 16.8 Å². The summed E-state index contributed by atoms with van der Waals surface area (Å²) < 4.78 is 1.62. The van der Waals surface area contributed by atoms with Gasteiger partial charge in [-0.3, -0.25) is 18.9 Å². The van der Waals surface area contributed by atoms with Crippen molar-refractivity contribution in [3.63, 3.8) is 0 Å². The van der Waals surface area contributed by atoms with Gasteiger partial charge in [-0.25, -0.2) is 9.98 Å². The molecule has 9 nitrogen and oxygen atoms in total. The molecule has 0 bridgehead atoms. The third kappa shape index (κ3) is 3.39. The maximum atomic E-state index is 12.8. The number of imidazole rings is 1. The molecule has 1 aromatic carbocycles. The summed E-state index contributed by atoms with van der Waals surface area (Å²) in [5.74, 6) is 0.143. The van der Waals surface area contributed by atoms with Crippen LogP contribution < -0.4 is 5.73 Å². The first kappa shape index (κ1) is 19.3. The first-order chi connectivity index (χ1) is 14.3. The molecule has 1 aliphatic rings. The van der Waals surface area contributed by atoms with Gasteiger partial charge in [0.1, 0.15) is 5.69 Å². The largest absolute Gasteiger partial charge is 0.369 e. The van der Waals surface area contributed by atoms with Crippen molar-refractivity contribution in [2.24, 2.45) is 10.7 Å². The summed E-state index contributed by atoms with van der Waals surface area (Å²) in [7, 11) is 1.60. The van der Waals surface area contributed by atoms with Gasteiger partial charge in [0.15, 0.2) is 11.7 Å². The number of nitrogens with two attached hydrogens (primary N) is 1. The summed E-state index contributed by atoms with van der Waals surface area (Å²) in [6.45, 7) is 8.90. The molecule has 4 rings (SSSR count). The number of guanidine groups is 1. The quantitative estimate of drug-likeness (QED) is 0.532. The van der Waals surface area contributed by atoms with E-state index >= 15 is 0 Å². The van der Waals surface area contributed by atoms with Crippen molar-refractivity contribution >= 4 is 29.1 Å². The van der Waals surface area contributed by atoms with Gasteiger partial charge in [0, 0.05) is 25.9 Å². The topological polar surface area (TPSA) is 110 Å². The zero-order valence-corrected chi connectivity index (χ0v) is 16.5. The third-order valence-corrected chi connectivity index (χ3v) is 5.22. The number of aromatic nitrogens is 3. The number of fused-ring (bicyclic) bond motifs is 1. The first-order valence-electron chi connectivity index (χ1n) is 9.26. The van der Waals surface area contributed by atoms with Crippen molar-refractivity contribution in [3.8, 4) is 0 Å². The van der Waals surface area contributed by atoms with E-state index in [9.17, 15) is 9.59 Å². The summed E-state index contributed by atoms with van der Waals surface area (Å²) >= 11 is 0. The summed E-state index contributed by atoms with van der Waals surface area (Å²) in [6.07, 6.45) is 4.94. The Balaban J connectivity index is 1.60. The summed E-state index contributed by atoms with van der Waals surface area (Å²) in [6, 6.07) is 7.44. The Morgan fingerprint density at radius 3 is 2.90 bits per heavy atom. The van der Waals surface area contributed by atoms with Crippen LogP contribution >= 0.6 is 0 Å². The van der Waals surface area contributed by atoms with Gasteiger partial charge < -0.3 is 10.6 Å². The fourth-order valence-electron chi connectivity index (χ4n) is 3.45. The lowest BCUT2D eigenvalue weighted by Gasteiger charge is -2.33. The number of carbonyl (C=O) groups excluding carboxylic acids is 2. The van der Waals surface area contributed by atoms with Crippen molar-refractivity contribution in [3.05, 3.63) is 71.1 Å². The van der Waals surface area contributed by atoms with Gasteiger partial charge >= 0.3 is 0 Å². The molecule has 1 atom stereocenters. The Hall–Kier alpha value is -4.06. The van der Waals surface area contributed by atoms with Crippen molar-refractivity contribution in [2.75, 3.05) is 7.05 Å². The van der Waals surface area contributed by atoms with Crippen LogP contribution in [0.3, 0.4) is 0 Å². The van der Waals surface area contributed by atoms with Crippen LogP contribution in [-0.4, -0.2) is 44.0 Å². The minimum absolute atomic E-state index is 0.108. The number of hydrogen-bond acceptors (Lipinski definition) is 6. The maximum absolute atomic E-state index is 12.8. The van der Waals surface area contributed by atoms with Gasteiger partial charge in [-0.05, 0) is 18.1 Å².